The van der Waals surface area contributed by atoms with E-state index in [9.17, 15) is 0 Å². The van der Waals surface area contributed by atoms with Crippen molar-refractivity contribution in [2.45, 2.75) is 0 Å². The van der Waals surface area contributed by atoms with Gasteiger partial charge >= 0.3 is 0 Å². The first-order valence-electron chi connectivity index (χ1n) is 5.04. The highest BCUT2D eigenvalue weighted by molar-refractivity contribution is 5.62. The molecule has 3 nitrogen and oxygen atoms in total. The van der Waals surface area contributed by atoms with Crippen LogP contribution in [0.25, 0.3) is 0 Å². The zero-order chi connectivity index (χ0) is 11.4. The molecular formula is C13H14N2O. The van der Waals surface area contributed by atoms with E-state index in [4.69, 9.17) is 10.5 Å². The fraction of sp³-hybridized carbons (Fsp3) is 0.0769. The van der Waals surface area contributed by atoms with Gasteiger partial charge in [0.25, 0.3) is 0 Å². The molecule has 0 aliphatic carbocycles. The van der Waals surface area contributed by atoms with Crippen LogP contribution in [0, 0.1) is 0 Å². The van der Waals surface area contributed by atoms with E-state index in [0.717, 1.165) is 22.8 Å². The lowest BCUT2D eigenvalue weighted by Gasteiger charge is -2.08. The summed E-state index contributed by atoms with van der Waals surface area (Å²) in [6.07, 6.45) is 0. The van der Waals surface area contributed by atoms with Crippen LogP contribution < -0.4 is 15.8 Å². The Bertz CT molecular complexity index is 466. The van der Waals surface area contributed by atoms with Gasteiger partial charge in [0, 0.05) is 23.1 Å². The molecule has 2 rings (SSSR count). The van der Waals surface area contributed by atoms with Crippen molar-refractivity contribution < 1.29 is 4.74 Å². The Labute approximate surface area is 94.9 Å². The molecule has 3 N–H and O–H groups in total. The smallest absolute Gasteiger partial charge is 0.120 e. The van der Waals surface area contributed by atoms with Crippen LogP contribution in [0.3, 0.4) is 0 Å². The third-order valence-corrected chi connectivity index (χ3v) is 2.27. The molecule has 3 heteroatoms. The molecule has 2 aromatic rings. The van der Waals surface area contributed by atoms with Crippen LogP contribution in [0.1, 0.15) is 0 Å². The molecule has 16 heavy (non-hydrogen) atoms. The van der Waals surface area contributed by atoms with Crippen molar-refractivity contribution in [1.29, 1.82) is 0 Å². The Morgan fingerprint density at radius 3 is 2.44 bits per heavy atom. The van der Waals surface area contributed by atoms with E-state index >= 15 is 0 Å². The van der Waals surface area contributed by atoms with Crippen LogP contribution in [0.4, 0.5) is 17.1 Å². The van der Waals surface area contributed by atoms with Gasteiger partial charge in [-0.3, -0.25) is 0 Å². The normalized spacial score (nSPS) is 9.81. The zero-order valence-electron chi connectivity index (χ0n) is 9.10. The molecule has 0 atom stereocenters. The first-order valence-corrected chi connectivity index (χ1v) is 5.04. The third kappa shape index (κ3) is 2.45. The van der Waals surface area contributed by atoms with Crippen LogP contribution in [0.2, 0.25) is 0 Å². The van der Waals surface area contributed by atoms with Crippen molar-refractivity contribution in [2.75, 3.05) is 18.2 Å². The van der Waals surface area contributed by atoms with E-state index in [2.05, 4.69) is 5.32 Å². The van der Waals surface area contributed by atoms with Crippen LogP contribution in [0.5, 0.6) is 5.75 Å². The van der Waals surface area contributed by atoms with Gasteiger partial charge < -0.3 is 15.8 Å². The predicted molar refractivity (Wildman–Crippen MR) is 67.1 cm³/mol. The molecule has 0 saturated heterocycles. The second-order valence-electron chi connectivity index (χ2n) is 3.48. The molecule has 0 bridgehead atoms. The maximum absolute atomic E-state index is 5.62. The topological polar surface area (TPSA) is 47.3 Å². The number of nitrogens with two attached hydrogens (primary N) is 1. The predicted octanol–water partition coefficient (Wildman–Crippen LogP) is 3.02. The summed E-state index contributed by atoms with van der Waals surface area (Å²) in [5.41, 5.74) is 8.37. The summed E-state index contributed by atoms with van der Waals surface area (Å²) < 4.78 is 5.15. The van der Waals surface area contributed by atoms with E-state index < -0.39 is 0 Å². The van der Waals surface area contributed by atoms with Gasteiger partial charge in [-0.2, -0.15) is 0 Å². The number of methoxy groups -OCH3 is 1. The largest absolute Gasteiger partial charge is 0.497 e. The van der Waals surface area contributed by atoms with E-state index in [1.54, 1.807) is 7.11 Å². The molecule has 0 heterocycles. The van der Waals surface area contributed by atoms with Crippen LogP contribution >= 0.6 is 0 Å². The zero-order valence-corrected chi connectivity index (χ0v) is 9.10. The second-order valence-corrected chi connectivity index (χ2v) is 3.48. The van der Waals surface area contributed by atoms with Gasteiger partial charge in [-0.1, -0.05) is 6.07 Å². The maximum Gasteiger partial charge on any atom is 0.120 e. The minimum absolute atomic E-state index is 0.760. The van der Waals surface area contributed by atoms with Crippen LogP contribution in [-0.4, -0.2) is 7.11 Å². The van der Waals surface area contributed by atoms with Crippen molar-refractivity contribution in [2.24, 2.45) is 0 Å². The Morgan fingerprint density at radius 2 is 1.75 bits per heavy atom. The van der Waals surface area contributed by atoms with E-state index in [0.29, 0.717) is 0 Å². The van der Waals surface area contributed by atoms with Crippen molar-refractivity contribution >= 4 is 17.1 Å². The Kier molecular flexibility index (Phi) is 2.96. The molecule has 0 aliphatic rings. The standard InChI is InChI=1S/C13H14N2O/c1-16-13-4-2-3-12(9-13)15-11-7-5-10(14)6-8-11/h2-9,15H,14H2,1H3. The fourth-order valence-corrected chi connectivity index (χ4v) is 1.43. The average Bonchev–Trinajstić information content (AvgIpc) is 2.32. The number of ether oxygens (including phenoxy) is 1. The number of benzene rings is 2. The van der Waals surface area contributed by atoms with Gasteiger partial charge in [0.1, 0.15) is 5.75 Å². The first-order chi connectivity index (χ1) is 7.78. The lowest BCUT2D eigenvalue weighted by molar-refractivity contribution is 0.415. The van der Waals surface area contributed by atoms with Gasteiger partial charge in [0.2, 0.25) is 0 Å². The number of nitrogens with one attached hydrogen (secondary N) is 1. The summed E-state index contributed by atoms with van der Waals surface area (Å²) >= 11 is 0. The molecule has 0 saturated carbocycles. The monoisotopic (exact) mass is 214 g/mol. The Hall–Kier alpha value is -2.16. The molecule has 0 unspecified atom stereocenters. The van der Waals surface area contributed by atoms with Gasteiger partial charge in [-0.25, -0.2) is 0 Å². The Morgan fingerprint density at radius 1 is 1.00 bits per heavy atom. The summed E-state index contributed by atoms with van der Waals surface area (Å²) in [5, 5.41) is 3.27. The minimum atomic E-state index is 0.760. The molecular weight excluding hydrogens is 200 g/mol. The lowest BCUT2D eigenvalue weighted by Crippen LogP contribution is -1.92. The molecule has 0 radical (unpaired) electrons. The fourth-order valence-electron chi connectivity index (χ4n) is 1.43. The first kappa shape index (κ1) is 10.4. The summed E-state index contributed by atoms with van der Waals surface area (Å²) in [6.45, 7) is 0. The van der Waals surface area contributed by atoms with Gasteiger partial charge in [0.05, 0.1) is 7.11 Å². The molecule has 0 amide bonds. The van der Waals surface area contributed by atoms with Gasteiger partial charge in [-0.05, 0) is 36.4 Å². The number of hydrogen-bond acceptors (Lipinski definition) is 3. The minimum Gasteiger partial charge on any atom is -0.497 e. The highest BCUT2D eigenvalue weighted by Crippen LogP contribution is 2.21. The summed E-state index contributed by atoms with van der Waals surface area (Å²) in [4.78, 5) is 0. The van der Waals surface area contributed by atoms with Crippen LogP contribution in [0.15, 0.2) is 48.5 Å². The number of rotatable bonds is 3. The van der Waals surface area contributed by atoms with Crippen molar-refractivity contribution in [1.82, 2.24) is 0 Å². The Balaban J connectivity index is 2.16. The quantitative estimate of drug-likeness (QED) is 0.772. The highest BCUT2D eigenvalue weighted by atomic mass is 16.5. The van der Waals surface area contributed by atoms with Gasteiger partial charge in [-0.15, -0.1) is 0 Å². The molecule has 2 aromatic carbocycles. The maximum atomic E-state index is 5.62. The number of nitrogen functional groups attached to an aromatic ring is 1. The molecule has 0 aromatic heterocycles. The van der Waals surface area contributed by atoms with Crippen molar-refractivity contribution in [3.63, 3.8) is 0 Å². The van der Waals surface area contributed by atoms with Crippen LogP contribution in [-0.2, 0) is 0 Å². The van der Waals surface area contributed by atoms with E-state index in [-0.39, 0.29) is 0 Å². The summed E-state index contributed by atoms with van der Waals surface area (Å²) in [5.74, 6) is 0.834. The SMILES string of the molecule is COc1cccc(Nc2ccc(N)cc2)c1. The van der Waals surface area contributed by atoms with Crippen molar-refractivity contribution in [3.8, 4) is 5.75 Å². The number of anilines is 3. The molecule has 0 aliphatic heterocycles. The highest BCUT2D eigenvalue weighted by Gasteiger charge is 1.96. The molecule has 0 fully saturated rings. The van der Waals surface area contributed by atoms with Gasteiger partial charge in [0.15, 0.2) is 0 Å². The number of hydrogen-bond donors (Lipinski definition) is 2. The molecule has 82 valence electrons. The average molecular weight is 214 g/mol. The van der Waals surface area contributed by atoms with E-state index in [1.165, 1.54) is 0 Å². The lowest BCUT2D eigenvalue weighted by atomic mass is 10.2. The van der Waals surface area contributed by atoms with Crippen molar-refractivity contribution in [3.05, 3.63) is 48.5 Å². The third-order valence-electron chi connectivity index (χ3n) is 2.27. The summed E-state index contributed by atoms with van der Waals surface area (Å²) in [7, 11) is 1.66. The van der Waals surface area contributed by atoms with E-state index in [1.807, 2.05) is 48.5 Å². The summed E-state index contributed by atoms with van der Waals surface area (Å²) in [6, 6.07) is 15.4. The second kappa shape index (κ2) is 4.57. The molecule has 0 spiro atoms.